The molecule has 0 aromatic heterocycles. The molecular weight excluding hydrogens is 182 g/mol. The standard InChI is InChI=1S/C14H27N/c1-3-13-6-5-7-14(12-13)8-10-15(4-2)11-9-14/h13H,3-12H2,1-2H3. The molecule has 2 fully saturated rings. The summed E-state index contributed by atoms with van der Waals surface area (Å²) in [5, 5.41) is 0. The molecule has 1 heteroatoms. The van der Waals surface area contributed by atoms with E-state index in [-0.39, 0.29) is 0 Å². The minimum Gasteiger partial charge on any atom is -0.304 e. The lowest BCUT2D eigenvalue weighted by Gasteiger charge is -2.46. The first-order chi connectivity index (χ1) is 7.28. The Hall–Kier alpha value is -0.0400. The van der Waals surface area contributed by atoms with E-state index in [9.17, 15) is 0 Å². The fraction of sp³-hybridized carbons (Fsp3) is 1.00. The molecule has 2 aliphatic rings. The van der Waals surface area contributed by atoms with Gasteiger partial charge in [-0.25, -0.2) is 0 Å². The van der Waals surface area contributed by atoms with E-state index >= 15 is 0 Å². The molecule has 0 bridgehead atoms. The summed E-state index contributed by atoms with van der Waals surface area (Å²) in [6.45, 7) is 8.67. The molecule has 1 saturated carbocycles. The highest BCUT2D eigenvalue weighted by Gasteiger charge is 2.37. The Morgan fingerprint density at radius 1 is 1.13 bits per heavy atom. The average Bonchev–Trinajstić information content (AvgIpc) is 2.30. The second-order valence-electron chi connectivity index (χ2n) is 5.80. The molecule has 1 unspecified atom stereocenters. The zero-order chi connectivity index (χ0) is 10.7. The van der Waals surface area contributed by atoms with Crippen LogP contribution in [-0.2, 0) is 0 Å². The van der Waals surface area contributed by atoms with Gasteiger partial charge in [0.25, 0.3) is 0 Å². The number of hydrogen-bond acceptors (Lipinski definition) is 1. The molecule has 0 aromatic rings. The van der Waals surface area contributed by atoms with E-state index in [2.05, 4.69) is 18.7 Å². The van der Waals surface area contributed by atoms with Crippen molar-refractivity contribution < 1.29 is 0 Å². The van der Waals surface area contributed by atoms with Gasteiger partial charge in [0.1, 0.15) is 0 Å². The van der Waals surface area contributed by atoms with Gasteiger partial charge in [-0.2, -0.15) is 0 Å². The summed E-state index contributed by atoms with van der Waals surface area (Å²) in [6, 6.07) is 0. The highest BCUT2D eigenvalue weighted by atomic mass is 15.1. The van der Waals surface area contributed by atoms with Crippen LogP contribution in [-0.4, -0.2) is 24.5 Å². The summed E-state index contributed by atoms with van der Waals surface area (Å²) in [5.74, 6) is 1.05. The van der Waals surface area contributed by atoms with E-state index in [0.29, 0.717) is 0 Å². The maximum absolute atomic E-state index is 2.63. The van der Waals surface area contributed by atoms with Crippen LogP contribution in [0.4, 0.5) is 0 Å². The van der Waals surface area contributed by atoms with Crippen LogP contribution in [0, 0.1) is 11.3 Å². The number of rotatable bonds is 2. The smallest absolute Gasteiger partial charge is 0.00135 e. The quantitative estimate of drug-likeness (QED) is 0.670. The lowest BCUT2D eigenvalue weighted by Crippen LogP contribution is -2.42. The minimum absolute atomic E-state index is 0.768. The molecule has 1 saturated heterocycles. The first-order valence-corrected chi connectivity index (χ1v) is 7.00. The average molecular weight is 209 g/mol. The maximum atomic E-state index is 2.63. The molecule has 1 aliphatic carbocycles. The van der Waals surface area contributed by atoms with Crippen molar-refractivity contribution in [2.45, 2.75) is 58.8 Å². The fourth-order valence-corrected chi connectivity index (χ4v) is 3.73. The second-order valence-corrected chi connectivity index (χ2v) is 5.80. The van der Waals surface area contributed by atoms with Crippen LogP contribution in [0.15, 0.2) is 0 Å². The van der Waals surface area contributed by atoms with Crippen LogP contribution >= 0.6 is 0 Å². The van der Waals surface area contributed by atoms with Crippen molar-refractivity contribution in [2.24, 2.45) is 11.3 Å². The Labute approximate surface area is 95.2 Å². The number of piperidine rings is 1. The lowest BCUT2D eigenvalue weighted by molar-refractivity contribution is 0.0465. The van der Waals surface area contributed by atoms with Crippen molar-refractivity contribution in [1.29, 1.82) is 0 Å². The van der Waals surface area contributed by atoms with Crippen LogP contribution in [0.2, 0.25) is 0 Å². The molecule has 1 heterocycles. The summed E-state index contributed by atoms with van der Waals surface area (Å²) < 4.78 is 0. The van der Waals surface area contributed by atoms with E-state index in [1.165, 1.54) is 58.2 Å². The molecule has 1 spiro atoms. The molecule has 1 atom stereocenters. The molecule has 0 radical (unpaired) electrons. The molecule has 0 amide bonds. The van der Waals surface area contributed by atoms with Crippen molar-refractivity contribution in [3.63, 3.8) is 0 Å². The highest BCUT2D eigenvalue weighted by molar-refractivity contribution is 4.90. The SMILES string of the molecule is CCC1CCCC2(CCN(CC)CC2)C1. The molecule has 2 rings (SSSR count). The van der Waals surface area contributed by atoms with Crippen LogP contribution in [0.5, 0.6) is 0 Å². The Kier molecular flexibility index (Phi) is 3.71. The van der Waals surface area contributed by atoms with Gasteiger partial charge in [-0.1, -0.05) is 33.1 Å². The first-order valence-electron chi connectivity index (χ1n) is 7.00. The number of hydrogen-bond donors (Lipinski definition) is 0. The predicted molar refractivity (Wildman–Crippen MR) is 66.0 cm³/mol. The van der Waals surface area contributed by atoms with E-state index in [1.54, 1.807) is 6.42 Å². The Morgan fingerprint density at radius 3 is 2.47 bits per heavy atom. The summed E-state index contributed by atoms with van der Waals surface area (Å²) in [7, 11) is 0. The third-order valence-electron chi connectivity index (χ3n) is 4.98. The molecule has 0 aromatic carbocycles. The third kappa shape index (κ3) is 2.55. The highest BCUT2D eigenvalue weighted by Crippen LogP contribution is 2.47. The van der Waals surface area contributed by atoms with E-state index < -0.39 is 0 Å². The lowest BCUT2D eigenvalue weighted by atomic mass is 9.64. The molecule has 1 aliphatic heterocycles. The molecule has 88 valence electrons. The Morgan fingerprint density at radius 2 is 1.87 bits per heavy atom. The third-order valence-corrected chi connectivity index (χ3v) is 4.98. The minimum atomic E-state index is 0.768. The van der Waals surface area contributed by atoms with Crippen LogP contribution in [0.1, 0.15) is 58.8 Å². The topological polar surface area (TPSA) is 3.24 Å². The zero-order valence-corrected chi connectivity index (χ0v) is 10.6. The largest absolute Gasteiger partial charge is 0.304 e. The molecule has 0 N–H and O–H groups in total. The van der Waals surface area contributed by atoms with Crippen molar-refractivity contribution in [3.8, 4) is 0 Å². The summed E-state index contributed by atoms with van der Waals surface area (Å²) >= 11 is 0. The number of likely N-dealkylation sites (tertiary alicyclic amines) is 1. The van der Waals surface area contributed by atoms with Gasteiger partial charge in [-0.15, -0.1) is 0 Å². The van der Waals surface area contributed by atoms with Gasteiger partial charge in [-0.3, -0.25) is 0 Å². The molecule has 15 heavy (non-hydrogen) atoms. The van der Waals surface area contributed by atoms with Crippen LogP contribution in [0.3, 0.4) is 0 Å². The van der Waals surface area contributed by atoms with Crippen molar-refractivity contribution >= 4 is 0 Å². The predicted octanol–water partition coefficient (Wildman–Crippen LogP) is 3.69. The van der Waals surface area contributed by atoms with Gasteiger partial charge in [0, 0.05) is 0 Å². The fourth-order valence-electron chi connectivity index (χ4n) is 3.73. The van der Waals surface area contributed by atoms with Crippen molar-refractivity contribution in [3.05, 3.63) is 0 Å². The van der Waals surface area contributed by atoms with Gasteiger partial charge >= 0.3 is 0 Å². The Balaban J connectivity index is 1.90. The molecular formula is C14H27N. The summed E-state index contributed by atoms with van der Waals surface area (Å²) in [6.07, 6.45) is 10.5. The molecule has 1 nitrogen and oxygen atoms in total. The second kappa shape index (κ2) is 4.86. The normalized spacial score (nSPS) is 32.0. The first kappa shape index (κ1) is 11.4. The monoisotopic (exact) mass is 209 g/mol. The summed E-state index contributed by atoms with van der Waals surface area (Å²) in [5.41, 5.74) is 0.768. The van der Waals surface area contributed by atoms with Gasteiger partial charge < -0.3 is 4.90 Å². The summed E-state index contributed by atoms with van der Waals surface area (Å²) in [4.78, 5) is 2.63. The van der Waals surface area contributed by atoms with E-state index in [1.807, 2.05) is 0 Å². The van der Waals surface area contributed by atoms with Crippen LogP contribution < -0.4 is 0 Å². The Bertz CT molecular complexity index is 192. The maximum Gasteiger partial charge on any atom is -0.00135 e. The van der Waals surface area contributed by atoms with Gasteiger partial charge in [-0.05, 0) is 56.7 Å². The van der Waals surface area contributed by atoms with Crippen molar-refractivity contribution in [1.82, 2.24) is 4.90 Å². The zero-order valence-electron chi connectivity index (χ0n) is 10.6. The van der Waals surface area contributed by atoms with Gasteiger partial charge in [0.15, 0.2) is 0 Å². The van der Waals surface area contributed by atoms with E-state index in [0.717, 1.165) is 11.3 Å². The van der Waals surface area contributed by atoms with Gasteiger partial charge in [0.2, 0.25) is 0 Å². The number of nitrogens with zero attached hydrogens (tertiary/aromatic N) is 1. The van der Waals surface area contributed by atoms with Crippen LogP contribution in [0.25, 0.3) is 0 Å². The van der Waals surface area contributed by atoms with Gasteiger partial charge in [0.05, 0.1) is 0 Å². The van der Waals surface area contributed by atoms with E-state index in [4.69, 9.17) is 0 Å². The van der Waals surface area contributed by atoms with Crippen molar-refractivity contribution in [2.75, 3.05) is 19.6 Å².